The molecule has 0 aliphatic rings. The Balaban J connectivity index is 1.86. The minimum Gasteiger partial charge on any atom is -0.399 e. The molecule has 0 saturated heterocycles. The van der Waals surface area contributed by atoms with E-state index in [1.807, 2.05) is 0 Å². The number of anilines is 1. The van der Waals surface area contributed by atoms with Gasteiger partial charge >= 0.3 is 6.18 Å². The van der Waals surface area contributed by atoms with Crippen molar-refractivity contribution in [1.82, 2.24) is 15.1 Å². The van der Waals surface area contributed by atoms with Crippen LogP contribution in [-0.2, 0) is 6.18 Å². The minimum atomic E-state index is -4.55. The van der Waals surface area contributed by atoms with Gasteiger partial charge in [-0.05, 0) is 48.9 Å². The van der Waals surface area contributed by atoms with Crippen molar-refractivity contribution >= 4 is 11.6 Å². The molecule has 0 aliphatic heterocycles. The number of nitrogens with two attached hydrogens (primary N) is 1. The second-order valence-electron chi connectivity index (χ2n) is 6.39. The molecule has 0 saturated carbocycles. The number of amides is 1. The number of rotatable bonds is 4. The van der Waals surface area contributed by atoms with Crippen LogP contribution in [0.5, 0.6) is 0 Å². The van der Waals surface area contributed by atoms with E-state index in [1.54, 1.807) is 30.3 Å². The third-order valence-electron chi connectivity index (χ3n) is 4.19. The van der Waals surface area contributed by atoms with Crippen molar-refractivity contribution in [3.05, 3.63) is 87.8 Å². The molecule has 1 amide bonds. The molecule has 1 atom stereocenters. The Kier molecular flexibility index (Phi) is 5.40. The fourth-order valence-corrected chi connectivity index (χ4v) is 2.73. The number of para-hydroxylation sites is 1. The molecule has 0 spiro atoms. The first-order valence-electron chi connectivity index (χ1n) is 8.59. The summed E-state index contributed by atoms with van der Waals surface area (Å²) in [4.78, 5) is 24.6. The van der Waals surface area contributed by atoms with E-state index in [2.05, 4.69) is 10.4 Å². The van der Waals surface area contributed by atoms with Gasteiger partial charge in [0.25, 0.3) is 11.5 Å². The number of nitrogens with one attached hydrogen (secondary N) is 1. The average Bonchev–Trinajstić information content (AvgIpc) is 2.67. The Morgan fingerprint density at radius 1 is 1.10 bits per heavy atom. The summed E-state index contributed by atoms with van der Waals surface area (Å²) < 4.78 is 40.1. The Bertz CT molecular complexity index is 1090. The summed E-state index contributed by atoms with van der Waals surface area (Å²) in [5.41, 5.74) is 4.81. The Morgan fingerprint density at radius 2 is 1.79 bits per heavy atom. The molecule has 0 fully saturated rings. The number of nitrogens with zero attached hydrogens (tertiary/aromatic N) is 2. The van der Waals surface area contributed by atoms with Crippen molar-refractivity contribution in [1.29, 1.82) is 0 Å². The molecule has 29 heavy (non-hydrogen) atoms. The summed E-state index contributed by atoms with van der Waals surface area (Å²) in [7, 11) is 0. The van der Waals surface area contributed by atoms with Gasteiger partial charge in [0, 0.05) is 11.8 Å². The van der Waals surface area contributed by atoms with Crippen molar-refractivity contribution < 1.29 is 18.0 Å². The van der Waals surface area contributed by atoms with Crippen molar-refractivity contribution in [2.45, 2.75) is 19.1 Å². The van der Waals surface area contributed by atoms with Crippen LogP contribution in [0, 0.1) is 0 Å². The van der Waals surface area contributed by atoms with Gasteiger partial charge in [-0.1, -0.05) is 18.2 Å². The van der Waals surface area contributed by atoms with Gasteiger partial charge in [-0.15, -0.1) is 0 Å². The fraction of sp³-hybridized carbons (Fsp3) is 0.150. The van der Waals surface area contributed by atoms with E-state index in [0.717, 1.165) is 16.8 Å². The molecular formula is C20H17F3N4O2. The van der Waals surface area contributed by atoms with E-state index in [-0.39, 0.29) is 16.9 Å². The van der Waals surface area contributed by atoms with Gasteiger partial charge in [0.2, 0.25) is 0 Å². The van der Waals surface area contributed by atoms with Gasteiger partial charge in [0.05, 0.1) is 17.3 Å². The van der Waals surface area contributed by atoms with Crippen LogP contribution in [0.25, 0.3) is 5.69 Å². The van der Waals surface area contributed by atoms with Crippen molar-refractivity contribution in [3.8, 4) is 5.69 Å². The quantitative estimate of drug-likeness (QED) is 0.655. The predicted molar refractivity (Wildman–Crippen MR) is 102 cm³/mol. The van der Waals surface area contributed by atoms with Gasteiger partial charge in [-0.2, -0.15) is 23.0 Å². The molecule has 2 aromatic carbocycles. The van der Waals surface area contributed by atoms with Crippen molar-refractivity contribution in [2.75, 3.05) is 5.73 Å². The number of carbonyl (C=O) groups is 1. The molecule has 0 unspecified atom stereocenters. The largest absolute Gasteiger partial charge is 0.416 e. The minimum absolute atomic E-state index is 0.0553. The molecule has 1 aromatic heterocycles. The highest BCUT2D eigenvalue weighted by Gasteiger charge is 2.31. The number of alkyl halides is 3. The number of carbonyl (C=O) groups excluding carboxylic acids is 1. The lowest BCUT2D eigenvalue weighted by Gasteiger charge is -2.17. The number of aromatic nitrogens is 2. The highest BCUT2D eigenvalue weighted by atomic mass is 19.4. The third kappa shape index (κ3) is 4.63. The molecule has 0 bridgehead atoms. The zero-order valence-electron chi connectivity index (χ0n) is 15.3. The topological polar surface area (TPSA) is 90.0 Å². The van der Waals surface area contributed by atoms with E-state index >= 15 is 0 Å². The smallest absolute Gasteiger partial charge is 0.399 e. The average molecular weight is 402 g/mol. The van der Waals surface area contributed by atoms with Gasteiger partial charge in [-0.25, -0.2) is 0 Å². The molecule has 3 rings (SSSR count). The van der Waals surface area contributed by atoms with Gasteiger partial charge in [0.15, 0.2) is 0 Å². The molecule has 0 radical (unpaired) electrons. The monoisotopic (exact) mass is 402 g/mol. The first kappa shape index (κ1) is 20.1. The number of halogens is 3. The Morgan fingerprint density at radius 3 is 2.45 bits per heavy atom. The van der Waals surface area contributed by atoms with Crippen molar-refractivity contribution in [2.24, 2.45) is 0 Å². The summed E-state index contributed by atoms with van der Waals surface area (Å²) in [6.45, 7) is 1.53. The molecule has 9 heteroatoms. The zero-order chi connectivity index (χ0) is 21.2. The summed E-state index contributed by atoms with van der Waals surface area (Å²) in [6, 6.07) is 13.3. The second kappa shape index (κ2) is 7.78. The number of hydrogen-bond donors (Lipinski definition) is 2. The van der Waals surface area contributed by atoms with E-state index in [0.29, 0.717) is 5.69 Å². The first-order valence-corrected chi connectivity index (χ1v) is 8.59. The zero-order valence-corrected chi connectivity index (χ0v) is 15.3. The summed E-state index contributed by atoms with van der Waals surface area (Å²) in [5, 5.41) is 6.63. The van der Waals surface area contributed by atoms with E-state index in [9.17, 15) is 22.8 Å². The lowest BCUT2D eigenvalue weighted by atomic mass is 10.0. The van der Waals surface area contributed by atoms with Gasteiger partial charge in [0.1, 0.15) is 5.69 Å². The summed E-state index contributed by atoms with van der Waals surface area (Å²) >= 11 is 0. The van der Waals surface area contributed by atoms with Crippen molar-refractivity contribution in [3.63, 3.8) is 0 Å². The van der Waals surface area contributed by atoms with E-state index < -0.39 is 29.2 Å². The SMILES string of the molecule is C[C@@H](NC(=O)c1ccc(=O)n(-c2ccccc2)n1)c1cc(N)cc(C(F)(F)F)c1. The Hall–Kier alpha value is -3.62. The molecule has 150 valence electrons. The molecule has 6 nitrogen and oxygen atoms in total. The van der Waals surface area contributed by atoms with Crippen LogP contribution in [0.3, 0.4) is 0 Å². The van der Waals surface area contributed by atoms with Crippen LogP contribution in [0.4, 0.5) is 18.9 Å². The summed E-state index contributed by atoms with van der Waals surface area (Å²) in [6.07, 6.45) is -4.55. The van der Waals surface area contributed by atoms with E-state index in [4.69, 9.17) is 5.73 Å². The molecular weight excluding hydrogens is 385 g/mol. The van der Waals surface area contributed by atoms with Crippen LogP contribution in [0.15, 0.2) is 65.5 Å². The van der Waals surface area contributed by atoms with Gasteiger partial charge in [-0.3, -0.25) is 9.59 Å². The molecule has 0 aliphatic carbocycles. The molecule has 3 aromatic rings. The van der Waals surface area contributed by atoms with Crippen LogP contribution >= 0.6 is 0 Å². The fourth-order valence-electron chi connectivity index (χ4n) is 2.73. The molecule has 3 N–H and O–H groups in total. The first-order chi connectivity index (χ1) is 13.6. The highest BCUT2D eigenvalue weighted by molar-refractivity contribution is 5.92. The summed E-state index contributed by atoms with van der Waals surface area (Å²) in [5.74, 6) is -0.641. The number of nitrogen functional groups attached to an aromatic ring is 1. The van der Waals surface area contributed by atoms with E-state index in [1.165, 1.54) is 25.1 Å². The van der Waals surface area contributed by atoms with Gasteiger partial charge < -0.3 is 11.1 Å². The standard InChI is InChI=1S/C20H17F3N4O2/c1-12(13-9-14(20(21,22)23)11-15(24)10-13)25-19(29)17-7-8-18(28)27(26-17)16-5-3-2-4-6-16/h2-12H,24H2,1H3,(H,25,29)/t12-/m1/s1. The van der Waals surface area contributed by atoms with Crippen LogP contribution < -0.4 is 16.6 Å². The Labute approximate surface area is 163 Å². The second-order valence-corrected chi connectivity index (χ2v) is 6.39. The maximum Gasteiger partial charge on any atom is 0.416 e. The number of hydrogen-bond acceptors (Lipinski definition) is 4. The van der Waals surface area contributed by atoms with Crippen LogP contribution in [-0.4, -0.2) is 15.7 Å². The normalized spacial score (nSPS) is 12.4. The maximum absolute atomic E-state index is 13.0. The third-order valence-corrected chi connectivity index (χ3v) is 4.19. The highest BCUT2D eigenvalue weighted by Crippen LogP contribution is 2.32. The van der Waals surface area contributed by atoms with Crippen LogP contribution in [0.1, 0.15) is 34.6 Å². The lowest BCUT2D eigenvalue weighted by Crippen LogP contribution is -2.30. The molecule has 1 heterocycles. The van der Waals surface area contributed by atoms with Crippen LogP contribution in [0.2, 0.25) is 0 Å². The lowest BCUT2D eigenvalue weighted by molar-refractivity contribution is -0.137. The maximum atomic E-state index is 13.0. The number of benzene rings is 2. The predicted octanol–water partition coefficient (Wildman–Crippen LogP) is 3.32.